The maximum atomic E-state index is 13.2. The van der Waals surface area contributed by atoms with Gasteiger partial charge in [0.15, 0.2) is 5.82 Å². The van der Waals surface area contributed by atoms with Crippen LogP contribution in [0.1, 0.15) is 11.1 Å². The number of halogens is 6. The Hall–Kier alpha value is -1.46. The molecule has 112 valence electrons. The second-order valence-electron chi connectivity index (χ2n) is 4.30. The van der Waals surface area contributed by atoms with E-state index in [-0.39, 0.29) is 16.6 Å². The van der Waals surface area contributed by atoms with Crippen LogP contribution in [0, 0.1) is 5.82 Å². The second kappa shape index (κ2) is 6.12. The number of rotatable bonds is 3. The number of nitrogens with one attached hydrogen (secondary N) is 1. The van der Waals surface area contributed by atoms with Gasteiger partial charge in [0.05, 0.1) is 15.6 Å². The van der Waals surface area contributed by atoms with Crippen LogP contribution in [0.25, 0.3) is 0 Å². The molecule has 0 fully saturated rings. The quantitative estimate of drug-likeness (QED) is 0.554. The maximum Gasteiger partial charge on any atom is 0.416 e. The van der Waals surface area contributed by atoms with E-state index in [0.717, 1.165) is 12.1 Å². The van der Waals surface area contributed by atoms with Crippen LogP contribution < -0.4 is 5.32 Å². The van der Waals surface area contributed by atoms with Crippen LogP contribution >= 0.6 is 23.2 Å². The van der Waals surface area contributed by atoms with Gasteiger partial charge in [-0.15, -0.1) is 0 Å². The third-order valence-electron chi connectivity index (χ3n) is 2.76. The molecule has 1 N–H and O–H groups in total. The van der Waals surface area contributed by atoms with Gasteiger partial charge in [-0.05, 0) is 29.8 Å². The molecule has 0 aliphatic carbocycles. The van der Waals surface area contributed by atoms with E-state index in [0.29, 0.717) is 11.3 Å². The number of hydrogen-bond acceptors (Lipinski definition) is 1. The van der Waals surface area contributed by atoms with E-state index in [2.05, 4.69) is 5.32 Å². The number of anilines is 1. The first-order valence-corrected chi connectivity index (χ1v) is 6.57. The van der Waals surface area contributed by atoms with E-state index in [1.165, 1.54) is 24.3 Å². The Bertz CT molecular complexity index is 615. The van der Waals surface area contributed by atoms with Crippen molar-refractivity contribution in [3.05, 3.63) is 63.4 Å². The molecule has 2 aromatic rings. The van der Waals surface area contributed by atoms with E-state index >= 15 is 0 Å². The lowest BCUT2D eigenvalue weighted by Gasteiger charge is -2.10. The summed E-state index contributed by atoms with van der Waals surface area (Å²) in [5, 5.41) is 2.66. The molecule has 21 heavy (non-hydrogen) atoms. The van der Waals surface area contributed by atoms with Gasteiger partial charge in [-0.25, -0.2) is 4.39 Å². The third kappa shape index (κ3) is 4.02. The molecule has 7 heteroatoms. The molecule has 2 aromatic carbocycles. The predicted molar refractivity (Wildman–Crippen MR) is 75.2 cm³/mol. The van der Waals surface area contributed by atoms with Gasteiger partial charge in [-0.1, -0.05) is 35.3 Å². The topological polar surface area (TPSA) is 12.0 Å². The summed E-state index contributed by atoms with van der Waals surface area (Å²) in [7, 11) is 0. The molecule has 0 spiro atoms. The van der Waals surface area contributed by atoms with Crippen molar-refractivity contribution in [1.29, 1.82) is 0 Å². The molecule has 0 amide bonds. The SMILES string of the molecule is Fc1c(Cl)cc(NCc2ccc(C(F)(F)F)cc2)cc1Cl. The van der Waals surface area contributed by atoms with Crippen molar-refractivity contribution in [3.63, 3.8) is 0 Å². The van der Waals surface area contributed by atoms with Crippen LogP contribution in [-0.2, 0) is 12.7 Å². The van der Waals surface area contributed by atoms with E-state index in [1.807, 2.05) is 0 Å². The van der Waals surface area contributed by atoms with E-state index in [4.69, 9.17) is 23.2 Å². The highest BCUT2D eigenvalue weighted by molar-refractivity contribution is 6.35. The lowest BCUT2D eigenvalue weighted by atomic mass is 10.1. The molecule has 0 aliphatic heterocycles. The van der Waals surface area contributed by atoms with Gasteiger partial charge in [0, 0.05) is 12.2 Å². The molecule has 0 saturated carbocycles. The number of hydrogen-bond donors (Lipinski definition) is 1. The molecule has 0 atom stereocenters. The molecule has 0 radical (unpaired) electrons. The van der Waals surface area contributed by atoms with Gasteiger partial charge < -0.3 is 5.32 Å². The molecule has 1 nitrogen and oxygen atoms in total. The second-order valence-corrected chi connectivity index (χ2v) is 5.12. The van der Waals surface area contributed by atoms with Crippen LogP contribution in [0.5, 0.6) is 0 Å². The first kappa shape index (κ1) is 15.9. The fraction of sp³-hybridized carbons (Fsp3) is 0.143. The van der Waals surface area contributed by atoms with Crippen molar-refractivity contribution in [2.75, 3.05) is 5.32 Å². The summed E-state index contributed by atoms with van der Waals surface area (Å²) >= 11 is 11.3. The Balaban J connectivity index is 2.07. The first-order chi connectivity index (χ1) is 9.77. The van der Waals surface area contributed by atoms with Crippen LogP contribution in [0.15, 0.2) is 36.4 Å². The Labute approximate surface area is 128 Å². The average molecular weight is 338 g/mol. The fourth-order valence-electron chi connectivity index (χ4n) is 1.67. The lowest BCUT2D eigenvalue weighted by molar-refractivity contribution is -0.137. The Morgan fingerprint density at radius 1 is 0.952 bits per heavy atom. The molecular formula is C14H9Cl2F4N. The highest BCUT2D eigenvalue weighted by Gasteiger charge is 2.29. The number of benzene rings is 2. The van der Waals surface area contributed by atoms with Gasteiger partial charge in [0.2, 0.25) is 0 Å². The minimum absolute atomic E-state index is 0.127. The van der Waals surface area contributed by atoms with Crippen LogP contribution in [0.3, 0.4) is 0 Å². The molecule has 2 rings (SSSR count). The average Bonchev–Trinajstić information content (AvgIpc) is 2.42. The first-order valence-electron chi connectivity index (χ1n) is 5.82. The van der Waals surface area contributed by atoms with Crippen molar-refractivity contribution >= 4 is 28.9 Å². The standard InChI is InChI=1S/C14H9Cl2F4N/c15-11-5-10(6-12(16)13(11)17)21-7-8-1-3-9(4-2-8)14(18,19)20/h1-6,21H,7H2. The highest BCUT2D eigenvalue weighted by Crippen LogP contribution is 2.30. The van der Waals surface area contributed by atoms with Gasteiger partial charge in [-0.2, -0.15) is 13.2 Å². The molecular weight excluding hydrogens is 329 g/mol. The zero-order valence-electron chi connectivity index (χ0n) is 10.4. The summed E-state index contributed by atoms with van der Waals surface area (Å²) in [5.41, 5.74) is 0.407. The monoisotopic (exact) mass is 337 g/mol. The van der Waals surface area contributed by atoms with E-state index in [9.17, 15) is 17.6 Å². The largest absolute Gasteiger partial charge is 0.416 e. The van der Waals surface area contributed by atoms with Crippen molar-refractivity contribution in [1.82, 2.24) is 0 Å². The van der Waals surface area contributed by atoms with Crippen molar-refractivity contribution in [2.45, 2.75) is 12.7 Å². The summed E-state index contributed by atoms with van der Waals surface area (Å²) in [6, 6.07) is 7.44. The Morgan fingerprint density at radius 2 is 1.48 bits per heavy atom. The number of alkyl halides is 3. The molecule has 0 bridgehead atoms. The summed E-state index contributed by atoms with van der Waals surface area (Å²) in [5.74, 6) is -0.710. The molecule has 0 aromatic heterocycles. The Morgan fingerprint density at radius 3 is 1.95 bits per heavy atom. The Kier molecular flexibility index (Phi) is 4.64. The summed E-state index contributed by atoms with van der Waals surface area (Å²) in [4.78, 5) is 0. The normalized spacial score (nSPS) is 11.5. The summed E-state index contributed by atoms with van der Waals surface area (Å²) in [6.07, 6.45) is -4.36. The van der Waals surface area contributed by atoms with Crippen molar-refractivity contribution in [2.24, 2.45) is 0 Å². The van der Waals surface area contributed by atoms with Crippen molar-refractivity contribution < 1.29 is 17.6 Å². The molecule has 0 aliphatic rings. The fourth-order valence-corrected chi connectivity index (χ4v) is 2.16. The molecule has 0 heterocycles. The smallest absolute Gasteiger partial charge is 0.381 e. The van der Waals surface area contributed by atoms with Gasteiger partial charge in [0.1, 0.15) is 0 Å². The molecule has 0 saturated heterocycles. The van der Waals surface area contributed by atoms with Gasteiger partial charge in [-0.3, -0.25) is 0 Å². The van der Waals surface area contributed by atoms with Gasteiger partial charge >= 0.3 is 6.18 Å². The van der Waals surface area contributed by atoms with Gasteiger partial charge in [0.25, 0.3) is 0 Å². The summed E-state index contributed by atoms with van der Waals surface area (Å²) < 4.78 is 50.5. The third-order valence-corrected chi connectivity index (χ3v) is 3.31. The van der Waals surface area contributed by atoms with Crippen LogP contribution in [0.2, 0.25) is 10.0 Å². The van der Waals surface area contributed by atoms with Crippen LogP contribution in [-0.4, -0.2) is 0 Å². The zero-order valence-corrected chi connectivity index (χ0v) is 12.0. The zero-order chi connectivity index (χ0) is 15.6. The minimum Gasteiger partial charge on any atom is -0.381 e. The van der Waals surface area contributed by atoms with Crippen molar-refractivity contribution in [3.8, 4) is 0 Å². The minimum atomic E-state index is -4.36. The van der Waals surface area contributed by atoms with E-state index in [1.54, 1.807) is 0 Å². The predicted octanol–water partition coefficient (Wildman–Crippen LogP) is 5.76. The molecule has 0 unspecified atom stereocenters. The van der Waals surface area contributed by atoms with E-state index < -0.39 is 17.6 Å². The lowest BCUT2D eigenvalue weighted by Crippen LogP contribution is -2.05. The van der Waals surface area contributed by atoms with Crippen LogP contribution in [0.4, 0.5) is 23.2 Å². The maximum absolute atomic E-state index is 13.2. The summed E-state index contributed by atoms with van der Waals surface area (Å²) in [6.45, 7) is 0.260. The highest BCUT2D eigenvalue weighted by atomic mass is 35.5.